The summed E-state index contributed by atoms with van der Waals surface area (Å²) >= 11 is 7.50. The van der Waals surface area contributed by atoms with Crippen molar-refractivity contribution < 1.29 is 0 Å². The zero-order valence-corrected chi connectivity index (χ0v) is 15.0. The van der Waals surface area contributed by atoms with Gasteiger partial charge in [-0.25, -0.2) is 0 Å². The molecule has 0 unspecified atom stereocenters. The number of nitrogens with zero attached hydrogens (tertiary/aromatic N) is 3. The van der Waals surface area contributed by atoms with Crippen LogP contribution in [0.25, 0.3) is 11.3 Å². The summed E-state index contributed by atoms with van der Waals surface area (Å²) in [5.41, 5.74) is 10.5. The fourth-order valence-corrected chi connectivity index (χ4v) is 3.26. The van der Waals surface area contributed by atoms with Gasteiger partial charge in [0.15, 0.2) is 0 Å². The smallest absolute Gasteiger partial charge is 0.210 e. The van der Waals surface area contributed by atoms with E-state index in [0.29, 0.717) is 5.69 Å². The second-order valence-electron chi connectivity index (χ2n) is 5.38. The number of hydrogen-bond acceptors (Lipinski definition) is 4. The molecule has 0 aliphatic carbocycles. The summed E-state index contributed by atoms with van der Waals surface area (Å²) in [7, 11) is 1.98. The maximum Gasteiger partial charge on any atom is 0.210 e. The van der Waals surface area contributed by atoms with Crippen molar-refractivity contribution in [1.82, 2.24) is 4.57 Å². The topological polar surface area (TPSA) is 55.7 Å². The second kappa shape index (κ2) is 7.03. The van der Waals surface area contributed by atoms with Crippen LogP contribution in [-0.4, -0.2) is 10.3 Å². The number of anilines is 1. The van der Waals surface area contributed by atoms with Gasteiger partial charge in [0.05, 0.1) is 11.4 Å². The minimum absolute atomic E-state index is 0.716. The molecule has 2 N–H and O–H groups in total. The molecule has 0 fully saturated rings. The Bertz CT molecular complexity index is 952. The first kappa shape index (κ1) is 16.5. The number of thiazole rings is 1. The van der Waals surface area contributed by atoms with E-state index in [1.165, 1.54) is 0 Å². The van der Waals surface area contributed by atoms with Gasteiger partial charge in [0, 0.05) is 23.1 Å². The van der Waals surface area contributed by atoms with Gasteiger partial charge < -0.3 is 10.3 Å². The average Bonchev–Trinajstić information content (AvgIpc) is 2.94. The third-order valence-electron chi connectivity index (χ3n) is 3.65. The molecule has 1 aromatic heterocycles. The van der Waals surface area contributed by atoms with Crippen LogP contribution >= 0.6 is 22.9 Å². The van der Waals surface area contributed by atoms with Crippen LogP contribution in [0.4, 0.5) is 5.69 Å². The van der Waals surface area contributed by atoms with Crippen LogP contribution in [0.1, 0.15) is 12.5 Å². The molecule has 0 radical (unpaired) electrons. The van der Waals surface area contributed by atoms with Crippen molar-refractivity contribution in [3.63, 3.8) is 0 Å². The molecule has 24 heavy (non-hydrogen) atoms. The highest BCUT2D eigenvalue weighted by Gasteiger charge is 2.04. The molecular formula is C18H17ClN4S. The quantitative estimate of drug-likeness (QED) is 0.424. The third-order valence-corrected chi connectivity index (χ3v) is 4.81. The van der Waals surface area contributed by atoms with Crippen LogP contribution in [0.15, 0.2) is 64.1 Å². The SMILES string of the molecule is CC(=NN=c1scc(-c2ccc(Cl)cc2)n1C)c1cccc(N)c1. The summed E-state index contributed by atoms with van der Waals surface area (Å²) in [5.74, 6) is 0. The number of aromatic nitrogens is 1. The molecule has 0 saturated heterocycles. The third kappa shape index (κ3) is 3.58. The first-order valence-electron chi connectivity index (χ1n) is 7.39. The highest BCUT2D eigenvalue weighted by Crippen LogP contribution is 2.21. The van der Waals surface area contributed by atoms with Gasteiger partial charge in [-0.3, -0.25) is 0 Å². The Hall–Kier alpha value is -2.37. The maximum absolute atomic E-state index is 5.95. The first-order valence-corrected chi connectivity index (χ1v) is 8.65. The molecule has 0 bridgehead atoms. The summed E-state index contributed by atoms with van der Waals surface area (Å²) in [6.07, 6.45) is 0. The van der Waals surface area contributed by atoms with E-state index in [1.807, 2.05) is 67.1 Å². The zero-order valence-electron chi connectivity index (χ0n) is 13.4. The molecular weight excluding hydrogens is 340 g/mol. The lowest BCUT2D eigenvalue weighted by Crippen LogP contribution is -2.11. The molecule has 3 aromatic rings. The molecule has 0 aliphatic rings. The molecule has 4 nitrogen and oxygen atoms in total. The molecule has 0 amide bonds. The lowest BCUT2D eigenvalue weighted by atomic mass is 10.1. The van der Waals surface area contributed by atoms with E-state index >= 15 is 0 Å². The van der Waals surface area contributed by atoms with E-state index in [9.17, 15) is 0 Å². The summed E-state index contributed by atoms with van der Waals surface area (Å²) in [6, 6.07) is 15.4. The van der Waals surface area contributed by atoms with Crippen molar-refractivity contribution >= 4 is 34.3 Å². The number of rotatable bonds is 3. The largest absolute Gasteiger partial charge is 0.399 e. The van der Waals surface area contributed by atoms with Crippen molar-refractivity contribution in [3.8, 4) is 11.3 Å². The van der Waals surface area contributed by atoms with E-state index in [-0.39, 0.29) is 0 Å². The number of nitrogens with two attached hydrogens (primary N) is 1. The fourth-order valence-electron chi connectivity index (χ4n) is 2.28. The molecule has 2 aromatic carbocycles. The van der Waals surface area contributed by atoms with Crippen LogP contribution in [0.5, 0.6) is 0 Å². The molecule has 122 valence electrons. The Labute approximate surface area is 149 Å². The van der Waals surface area contributed by atoms with Crippen molar-refractivity contribution in [2.75, 3.05) is 5.73 Å². The fraction of sp³-hybridized carbons (Fsp3) is 0.111. The predicted molar refractivity (Wildman–Crippen MR) is 102 cm³/mol. The monoisotopic (exact) mass is 356 g/mol. The Morgan fingerprint density at radius 2 is 1.92 bits per heavy atom. The van der Waals surface area contributed by atoms with Crippen LogP contribution in [-0.2, 0) is 7.05 Å². The van der Waals surface area contributed by atoms with Crippen LogP contribution < -0.4 is 10.5 Å². The summed E-state index contributed by atoms with van der Waals surface area (Å²) in [5, 5.41) is 11.5. The van der Waals surface area contributed by atoms with Crippen molar-refractivity contribution in [2.24, 2.45) is 17.3 Å². The average molecular weight is 357 g/mol. The van der Waals surface area contributed by atoms with E-state index in [1.54, 1.807) is 11.3 Å². The summed E-state index contributed by atoms with van der Waals surface area (Å²) in [6.45, 7) is 1.92. The Balaban J connectivity index is 1.94. The van der Waals surface area contributed by atoms with E-state index in [0.717, 1.165) is 32.4 Å². The summed E-state index contributed by atoms with van der Waals surface area (Å²) in [4.78, 5) is 0.822. The molecule has 0 spiro atoms. The van der Waals surface area contributed by atoms with Gasteiger partial charge in [0.25, 0.3) is 0 Å². The molecule has 1 heterocycles. The Kier molecular flexibility index (Phi) is 4.83. The zero-order chi connectivity index (χ0) is 17.1. The molecule has 6 heteroatoms. The van der Waals surface area contributed by atoms with Gasteiger partial charge in [0.1, 0.15) is 0 Å². The van der Waals surface area contributed by atoms with Gasteiger partial charge in [-0.1, -0.05) is 35.9 Å². The lowest BCUT2D eigenvalue weighted by molar-refractivity contribution is 0.863. The highest BCUT2D eigenvalue weighted by atomic mass is 35.5. The van der Waals surface area contributed by atoms with E-state index in [4.69, 9.17) is 17.3 Å². The summed E-state index contributed by atoms with van der Waals surface area (Å²) < 4.78 is 2.02. The molecule has 3 rings (SSSR count). The lowest BCUT2D eigenvalue weighted by Gasteiger charge is -2.02. The number of benzene rings is 2. The van der Waals surface area contributed by atoms with Gasteiger partial charge in [-0.05, 0) is 42.3 Å². The normalized spacial score (nSPS) is 12.6. The van der Waals surface area contributed by atoms with Crippen LogP contribution in [0.3, 0.4) is 0 Å². The van der Waals surface area contributed by atoms with Gasteiger partial charge >= 0.3 is 0 Å². The van der Waals surface area contributed by atoms with Crippen LogP contribution in [0.2, 0.25) is 5.02 Å². The highest BCUT2D eigenvalue weighted by molar-refractivity contribution is 7.07. The number of nitrogen functional groups attached to an aromatic ring is 1. The Morgan fingerprint density at radius 3 is 2.62 bits per heavy atom. The maximum atomic E-state index is 5.95. The minimum atomic E-state index is 0.716. The van der Waals surface area contributed by atoms with Crippen molar-refractivity contribution in [2.45, 2.75) is 6.92 Å². The van der Waals surface area contributed by atoms with Crippen molar-refractivity contribution in [1.29, 1.82) is 0 Å². The Morgan fingerprint density at radius 1 is 1.17 bits per heavy atom. The van der Waals surface area contributed by atoms with Gasteiger partial charge in [0.2, 0.25) is 4.80 Å². The number of halogens is 1. The van der Waals surface area contributed by atoms with Crippen molar-refractivity contribution in [3.05, 3.63) is 69.3 Å². The standard InChI is InChI=1S/C18H17ClN4S/c1-12(14-4-3-5-16(20)10-14)21-22-18-23(2)17(11-24-18)13-6-8-15(19)9-7-13/h3-11H,20H2,1-2H3. The first-order chi connectivity index (χ1) is 11.5. The van der Waals surface area contributed by atoms with Gasteiger partial charge in [-0.2, -0.15) is 5.10 Å². The predicted octanol–water partition coefficient (Wildman–Crippen LogP) is 4.31. The molecule has 0 atom stereocenters. The molecule has 0 saturated carbocycles. The minimum Gasteiger partial charge on any atom is -0.399 e. The van der Waals surface area contributed by atoms with E-state index < -0.39 is 0 Å². The number of hydrogen-bond donors (Lipinski definition) is 1. The van der Waals surface area contributed by atoms with E-state index in [2.05, 4.69) is 15.6 Å². The van der Waals surface area contributed by atoms with Gasteiger partial charge in [-0.15, -0.1) is 16.4 Å². The second-order valence-corrected chi connectivity index (χ2v) is 6.65. The van der Waals surface area contributed by atoms with Crippen LogP contribution in [0, 0.1) is 0 Å². The molecule has 0 aliphatic heterocycles.